The molecule has 0 amide bonds. The fourth-order valence-corrected chi connectivity index (χ4v) is 1.66. The summed E-state index contributed by atoms with van der Waals surface area (Å²) in [4.78, 5) is 11.6. The second kappa shape index (κ2) is 3.95. The van der Waals surface area contributed by atoms with Crippen LogP contribution in [-0.2, 0) is 9.53 Å². The SMILES string of the molecule is [2H]C1=C(C(=O)OCC)C(C)(C)CCC1. The summed E-state index contributed by atoms with van der Waals surface area (Å²) in [6.07, 6.45) is 2.66. The molecule has 0 spiro atoms. The van der Waals surface area contributed by atoms with Crippen LogP contribution in [0, 0.1) is 5.41 Å². The molecule has 2 nitrogen and oxygen atoms in total. The van der Waals surface area contributed by atoms with Crippen molar-refractivity contribution in [3.63, 3.8) is 0 Å². The van der Waals surface area contributed by atoms with Crippen LogP contribution in [-0.4, -0.2) is 12.6 Å². The Kier molecular flexibility index (Phi) is 2.67. The van der Waals surface area contributed by atoms with Gasteiger partial charge in [0.05, 0.1) is 7.98 Å². The molecule has 13 heavy (non-hydrogen) atoms. The molecule has 0 atom stereocenters. The van der Waals surface area contributed by atoms with Gasteiger partial charge in [0.15, 0.2) is 0 Å². The standard InChI is InChI=1S/C11H18O2/c1-4-13-10(12)9-7-5-6-8-11(9,2)3/h7H,4-6,8H2,1-3H3/i7D. The number of carbonyl (C=O) groups is 1. The zero-order valence-electron chi connectivity index (χ0n) is 9.64. The third-order valence-corrected chi connectivity index (χ3v) is 2.44. The quantitative estimate of drug-likeness (QED) is 0.615. The first-order valence-electron chi connectivity index (χ1n) is 5.36. The Morgan fingerprint density at radius 2 is 2.46 bits per heavy atom. The Labute approximate surface area is 81.4 Å². The monoisotopic (exact) mass is 183 g/mol. The molecular weight excluding hydrogens is 164 g/mol. The van der Waals surface area contributed by atoms with Crippen molar-refractivity contribution in [3.05, 3.63) is 11.6 Å². The summed E-state index contributed by atoms with van der Waals surface area (Å²) in [7, 11) is 0. The first-order chi connectivity index (χ1) is 6.49. The molecule has 0 aliphatic heterocycles. The van der Waals surface area contributed by atoms with Crippen molar-refractivity contribution >= 4 is 5.97 Å². The molecule has 2 heteroatoms. The summed E-state index contributed by atoms with van der Waals surface area (Å²) in [5.74, 6) is -0.304. The molecule has 1 aliphatic rings. The van der Waals surface area contributed by atoms with Crippen LogP contribution in [0.4, 0.5) is 0 Å². The second-order valence-electron chi connectivity index (χ2n) is 4.01. The molecule has 0 aromatic heterocycles. The van der Waals surface area contributed by atoms with Crippen molar-refractivity contribution in [2.75, 3.05) is 6.61 Å². The van der Waals surface area contributed by atoms with Crippen molar-refractivity contribution in [1.82, 2.24) is 0 Å². The zero-order valence-corrected chi connectivity index (χ0v) is 8.64. The molecule has 0 fully saturated rings. The lowest BCUT2D eigenvalue weighted by atomic mass is 9.76. The second-order valence-corrected chi connectivity index (χ2v) is 4.01. The maximum atomic E-state index is 11.6. The topological polar surface area (TPSA) is 26.3 Å². The Hall–Kier alpha value is -0.790. The molecule has 74 valence electrons. The average Bonchev–Trinajstić information content (AvgIpc) is 2.02. The Morgan fingerprint density at radius 1 is 1.77 bits per heavy atom. The van der Waals surface area contributed by atoms with Crippen LogP contribution in [0.1, 0.15) is 41.4 Å². The van der Waals surface area contributed by atoms with Crippen LogP contribution in [0.2, 0.25) is 0 Å². The van der Waals surface area contributed by atoms with E-state index in [-0.39, 0.29) is 11.4 Å². The molecule has 0 unspecified atom stereocenters. The van der Waals surface area contributed by atoms with Crippen molar-refractivity contribution in [3.8, 4) is 0 Å². The fourth-order valence-electron chi connectivity index (χ4n) is 1.66. The number of allylic oxidation sites excluding steroid dienone is 1. The molecule has 0 N–H and O–H groups in total. The highest BCUT2D eigenvalue weighted by molar-refractivity contribution is 5.90. The maximum Gasteiger partial charge on any atom is 0.334 e. The minimum absolute atomic E-state index is 0.193. The highest BCUT2D eigenvalue weighted by atomic mass is 16.5. The molecule has 0 aromatic rings. The largest absolute Gasteiger partial charge is 0.463 e. The van der Waals surface area contributed by atoms with Crippen molar-refractivity contribution < 1.29 is 10.9 Å². The lowest BCUT2D eigenvalue weighted by molar-refractivity contribution is -0.139. The van der Waals surface area contributed by atoms with E-state index in [1.165, 1.54) is 0 Å². The predicted octanol–water partition coefficient (Wildman–Crippen LogP) is 2.69. The van der Waals surface area contributed by atoms with E-state index in [1.54, 1.807) is 6.92 Å². The highest BCUT2D eigenvalue weighted by Crippen LogP contribution is 2.36. The number of hydrogen-bond acceptors (Lipinski definition) is 2. The average molecular weight is 183 g/mol. The molecule has 0 saturated heterocycles. The lowest BCUT2D eigenvalue weighted by Crippen LogP contribution is -2.25. The first-order valence-corrected chi connectivity index (χ1v) is 4.86. The first kappa shape index (κ1) is 8.79. The van der Waals surface area contributed by atoms with Gasteiger partial charge in [-0.15, -0.1) is 0 Å². The summed E-state index contributed by atoms with van der Waals surface area (Å²) < 4.78 is 12.7. The van der Waals surface area contributed by atoms with Crippen molar-refractivity contribution in [2.24, 2.45) is 5.41 Å². The van der Waals surface area contributed by atoms with Crippen molar-refractivity contribution in [2.45, 2.75) is 40.0 Å². The Balaban J connectivity index is 2.95. The third kappa shape index (κ3) is 2.33. The molecule has 0 aromatic carbocycles. The van der Waals surface area contributed by atoms with E-state index in [2.05, 4.69) is 0 Å². The van der Waals surface area contributed by atoms with E-state index in [1.807, 2.05) is 13.8 Å². The number of carbonyl (C=O) groups excluding carboxylic acids is 1. The predicted molar refractivity (Wildman–Crippen MR) is 52.3 cm³/mol. The third-order valence-electron chi connectivity index (χ3n) is 2.44. The van der Waals surface area contributed by atoms with Gasteiger partial charge in [-0.25, -0.2) is 4.79 Å². The summed E-state index contributed by atoms with van der Waals surface area (Å²) in [6.45, 7) is 6.18. The van der Waals surface area contributed by atoms with E-state index >= 15 is 0 Å². The van der Waals surface area contributed by atoms with Crippen LogP contribution < -0.4 is 0 Å². The summed E-state index contributed by atoms with van der Waals surface area (Å²) in [6, 6.07) is 0.458. The van der Waals surface area contributed by atoms with Gasteiger partial charge in [-0.1, -0.05) is 19.9 Å². The highest BCUT2D eigenvalue weighted by Gasteiger charge is 2.31. The van der Waals surface area contributed by atoms with E-state index in [4.69, 9.17) is 6.11 Å². The van der Waals surface area contributed by atoms with Gasteiger partial charge >= 0.3 is 5.97 Å². The van der Waals surface area contributed by atoms with Crippen molar-refractivity contribution in [1.29, 1.82) is 0 Å². The van der Waals surface area contributed by atoms with E-state index in [0.29, 0.717) is 24.7 Å². The maximum absolute atomic E-state index is 11.6. The van der Waals surface area contributed by atoms with Gasteiger partial charge in [0.25, 0.3) is 0 Å². The number of rotatable bonds is 2. The zero-order chi connectivity index (χ0) is 10.8. The van der Waals surface area contributed by atoms with Gasteiger partial charge in [-0.3, -0.25) is 0 Å². The smallest absolute Gasteiger partial charge is 0.334 e. The van der Waals surface area contributed by atoms with Gasteiger partial charge in [-0.05, 0) is 31.6 Å². The van der Waals surface area contributed by atoms with Crippen LogP contribution in [0.5, 0.6) is 0 Å². The van der Waals surface area contributed by atoms with Gasteiger partial charge in [0.2, 0.25) is 0 Å². The summed E-state index contributed by atoms with van der Waals surface area (Å²) >= 11 is 0. The normalized spacial score (nSPS) is 22.5. The minimum Gasteiger partial charge on any atom is -0.463 e. The van der Waals surface area contributed by atoms with E-state index in [9.17, 15) is 4.79 Å². The van der Waals surface area contributed by atoms with Crippen LogP contribution >= 0.6 is 0 Å². The number of esters is 1. The van der Waals surface area contributed by atoms with Gasteiger partial charge < -0.3 is 4.74 Å². The Bertz CT molecular complexity index is 266. The lowest BCUT2D eigenvalue weighted by Gasteiger charge is -2.29. The number of hydrogen-bond donors (Lipinski definition) is 0. The molecule has 0 heterocycles. The van der Waals surface area contributed by atoms with Crippen LogP contribution in [0.25, 0.3) is 0 Å². The van der Waals surface area contributed by atoms with E-state index in [0.717, 1.165) is 12.8 Å². The summed E-state index contributed by atoms with van der Waals surface area (Å²) in [5, 5.41) is 0. The van der Waals surface area contributed by atoms with Gasteiger partial charge in [0, 0.05) is 5.57 Å². The molecule has 0 bridgehead atoms. The van der Waals surface area contributed by atoms with E-state index < -0.39 is 0 Å². The van der Waals surface area contributed by atoms with Crippen LogP contribution in [0.15, 0.2) is 11.6 Å². The number of ether oxygens (including phenoxy) is 1. The van der Waals surface area contributed by atoms with Crippen LogP contribution in [0.3, 0.4) is 0 Å². The molecule has 1 rings (SSSR count). The molecule has 1 aliphatic carbocycles. The molecule has 0 saturated carbocycles. The molecular formula is C11H18O2. The van der Waals surface area contributed by atoms with Gasteiger partial charge in [-0.2, -0.15) is 0 Å². The van der Waals surface area contributed by atoms with Gasteiger partial charge in [0.1, 0.15) is 0 Å². The summed E-state index contributed by atoms with van der Waals surface area (Å²) in [5.41, 5.74) is 0.382. The fraction of sp³-hybridized carbons (Fsp3) is 0.727. The molecule has 0 radical (unpaired) electrons. The Morgan fingerprint density at radius 3 is 3.00 bits per heavy atom. The minimum atomic E-state index is -0.304.